The van der Waals surface area contributed by atoms with Crippen LogP contribution in [0.3, 0.4) is 0 Å². The van der Waals surface area contributed by atoms with Crippen LogP contribution in [0.25, 0.3) is 0 Å². The number of hydrogen-bond acceptors (Lipinski definition) is 6. The first-order chi connectivity index (χ1) is 13.7. The van der Waals surface area contributed by atoms with E-state index in [0.717, 1.165) is 12.0 Å². The van der Waals surface area contributed by atoms with Crippen LogP contribution >= 0.6 is 0 Å². The molecule has 0 aromatic heterocycles. The highest BCUT2D eigenvalue weighted by molar-refractivity contribution is 5.83. The molecule has 0 radical (unpaired) electrons. The second-order valence-electron chi connectivity index (χ2n) is 8.42. The smallest absolute Gasteiger partial charge is 0.335 e. The van der Waals surface area contributed by atoms with E-state index in [1.165, 1.54) is 56.2 Å². The van der Waals surface area contributed by atoms with Gasteiger partial charge in [0, 0.05) is 11.5 Å². The van der Waals surface area contributed by atoms with Gasteiger partial charge in [-0.1, -0.05) is 18.9 Å². The van der Waals surface area contributed by atoms with E-state index < -0.39 is 24.1 Å². The molecule has 1 heterocycles. The highest BCUT2D eigenvalue weighted by atomic mass is 16.4. The molecule has 1 saturated carbocycles. The predicted octanol–water partition coefficient (Wildman–Crippen LogP) is -0.692. The van der Waals surface area contributed by atoms with E-state index in [1.54, 1.807) is 0 Å². The molecule has 4 rings (SSSR count). The Hall–Kier alpha value is -2.24. The van der Waals surface area contributed by atoms with Crippen molar-refractivity contribution in [3.8, 4) is 5.75 Å². The van der Waals surface area contributed by atoms with Crippen LogP contribution in [0.15, 0.2) is 18.2 Å². The van der Waals surface area contributed by atoms with Crippen molar-refractivity contribution < 1.29 is 46.1 Å². The summed E-state index contributed by atoms with van der Waals surface area (Å²) in [6.07, 6.45) is 3.39. The van der Waals surface area contributed by atoms with E-state index in [0.29, 0.717) is 11.2 Å². The molecule has 9 N–H and O–H groups in total. The van der Waals surface area contributed by atoms with Gasteiger partial charge in [-0.05, 0) is 68.5 Å². The van der Waals surface area contributed by atoms with Gasteiger partial charge in [0.2, 0.25) is 0 Å². The molecule has 1 saturated heterocycles. The fourth-order valence-electron chi connectivity index (χ4n) is 5.45. The third-order valence-electron chi connectivity index (χ3n) is 6.90. The number of phenolic OH excluding ortho intramolecular Hbond substituents is 1. The summed E-state index contributed by atoms with van der Waals surface area (Å²) in [4.78, 5) is 22.1. The molecule has 2 aliphatic carbocycles. The molecule has 0 amide bonds. The number of aromatic hydroxyl groups is 1. The second-order valence-corrected chi connectivity index (χ2v) is 8.42. The maximum absolute atomic E-state index is 9.91. The average molecular weight is 443 g/mol. The largest absolute Gasteiger partial charge is 0.508 e. The number of carboxylic acids is 2. The first-order valence-electron chi connectivity index (χ1n) is 10.0. The van der Waals surface area contributed by atoms with Crippen molar-refractivity contribution in [1.82, 2.24) is 4.90 Å². The highest BCUT2D eigenvalue weighted by Crippen LogP contribution is 2.55. The number of nitrogens with zero attached hydrogens (tertiary/aromatic N) is 1. The number of likely N-dealkylation sites (tertiary alicyclic amines) is 1. The summed E-state index contributed by atoms with van der Waals surface area (Å²) in [7, 11) is 2.30. The SMILES string of the molecule is CN1CCC23CCCCC2C1Cc1ccc(O)cc13.O.O.O=C(O)C(O)C(O)C(=O)O. The van der Waals surface area contributed by atoms with Gasteiger partial charge in [0.1, 0.15) is 5.75 Å². The van der Waals surface area contributed by atoms with Gasteiger partial charge in [-0.3, -0.25) is 0 Å². The Labute approximate surface area is 180 Å². The average Bonchev–Trinajstić information content (AvgIpc) is 2.70. The summed E-state index contributed by atoms with van der Waals surface area (Å²) < 4.78 is 0. The number of aliphatic hydroxyl groups is 2. The topological polar surface area (TPSA) is 202 Å². The van der Waals surface area contributed by atoms with Crippen LogP contribution in [-0.4, -0.2) is 85.2 Å². The maximum Gasteiger partial charge on any atom is 0.335 e. The first-order valence-corrected chi connectivity index (χ1v) is 10.0. The molecule has 10 heteroatoms. The third kappa shape index (κ3) is 4.99. The second kappa shape index (κ2) is 10.4. The van der Waals surface area contributed by atoms with Crippen molar-refractivity contribution in [2.75, 3.05) is 13.6 Å². The predicted molar refractivity (Wildman–Crippen MR) is 111 cm³/mol. The number of carbonyl (C=O) groups is 2. The Morgan fingerprint density at radius 1 is 1.06 bits per heavy atom. The molecule has 1 aromatic carbocycles. The van der Waals surface area contributed by atoms with Crippen molar-refractivity contribution >= 4 is 11.9 Å². The molecule has 10 nitrogen and oxygen atoms in total. The Balaban J connectivity index is 0.000000351. The number of aliphatic carboxylic acids is 2. The zero-order valence-corrected chi connectivity index (χ0v) is 17.5. The Morgan fingerprint density at radius 2 is 1.68 bits per heavy atom. The molecular weight excluding hydrogens is 410 g/mol. The van der Waals surface area contributed by atoms with Crippen molar-refractivity contribution in [2.24, 2.45) is 5.92 Å². The van der Waals surface area contributed by atoms with Gasteiger partial charge >= 0.3 is 11.9 Å². The number of piperidine rings is 1. The summed E-state index contributed by atoms with van der Waals surface area (Å²) in [6.45, 7) is 1.22. The number of benzene rings is 1. The minimum atomic E-state index is -2.27. The van der Waals surface area contributed by atoms with E-state index in [9.17, 15) is 14.7 Å². The molecule has 1 aromatic rings. The van der Waals surface area contributed by atoms with E-state index in [1.807, 2.05) is 6.07 Å². The van der Waals surface area contributed by atoms with Crippen molar-refractivity contribution in [1.29, 1.82) is 0 Å². The molecule has 3 aliphatic rings. The van der Waals surface area contributed by atoms with Crippen LogP contribution in [-0.2, 0) is 21.4 Å². The summed E-state index contributed by atoms with van der Waals surface area (Å²) in [5.41, 5.74) is 3.36. The number of aliphatic hydroxyl groups excluding tert-OH is 2. The summed E-state index contributed by atoms with van der Waals surface area (Å²) in [5, 5.41) is 42.4. The molecular formula is C21H33NO9. The Morgan fingerprint density at radius 3 is 2.26 bits per heavy atom. The normalized spacial score (nSPS) is 28.1. The third-order valence-corrected chi connectivity index (χ3v) is 6.90. The first kappa shape index (κ1) is 26.8. The molecule has 0 spiro atoms. The zero-order valence-electron chi connectivity index (χ0n) is 17.5. The lowest BCUT2D eigenvalue weighted by atomic mass is 9.52. The number of phenols is 1. The molecule has 2 fully saturated rings. The van der Waals surface area contributed by atoms with E-state index in [-0.39, 0.29) is 11.0 Å². The van der Waals surface area contributed by atoms with Crippen LogP contribution in [0.4, 0.5) is 0 Å². The van der Waals surface area contributed by atoms with Gasteiger partial charge in [0.15, 0.2) is 12.2 Å². The fourth-order valence-corrected chi connectivity index (χ4v) is 5.45. The standard InChI is InChI=1S/C17H23NO.C4H6O6.2H2O/c1-18-9-8-17-7-3-2-4-14(17)16(18)10-12-5-6-13(19)11-15(12)17;5-1(3(7)8)2(6)4(9)10;;/h5-6,11,14,16,19H,2-4,7-10H2,1H3;1-2,5-6H,(H,7,8)(H,9,10);2*1H2. The molecule has 1 aliphatic heterocycles. The number of carboxylic acid groups (broad SMARTS) is 2. The summed E-state index contributed by atoms with van der Waals surface area (Å²) in [5.74, 6) is -2.27. The molecule has 176 valence electrons. The van der Waals surface area contributed by atoms with E-state index in [2.05, 4.69) is 24.1 Å². The van der Waals surface area contributed by atoms with Crippen molar-refractivity contribution in [2.45, 2.75) is 62.2 Å². The Bertz CT molecular complexity index is 768. The van der Waals surface area contributed by atoms with E-state index >= 15 is 0 Å². The van der Waals surface area contributed by atoms with Crippen molar-refractivity contribution in [3.05, 3.63) is 29.3 Å². The van der Waals surface area contributed by atoms with Gasteiger partial charge in [-0.25, -0.2) is 9.59 Å². The molecule has 5 unspecified atom stereocenters. The lowest BCUT2D eigenvalue weighted by Gasteiger charge is -2.58. The van der Waals surface area contributed by atoms with E-state index in [4.69, 9.17) is 20.4 Å². The molecule has 5 atom stereocenters. The van der Waals surface area contributed by atoms with Gasteiger partial charge in [-0.15, -0.1) is 0 Å². The number of likely N-dealkylation sites (N-methyl/N-ethyl adjacent to an activating group) is 1. The van der Waals surface area contributed by atoms with Gasteiger partial charge in [-0.2, -0.15) is 0 Å². The van der Waals surface area contributed by atoms with Crippen LogP contribution in [0.1, 0.15) is 43.2 Å². The van der Waals surface area contributed by atoms with Gasteiger partial charge in [0.25, 0.3) is 0 Å². The Kier molecular flexibility index (Phi) is 8.97. The van der Waals surface area contributed by atoms with Crippen LogP contribution in [0.5, 0.6) is 5.75 Å². The van der Waals surface area contributed by atoms with Gasteiger partial charge in [0.05, 0.1) is 0 Å². The maximum atomic E-state index is 9.91. The van der Waals surface area contributed by atoms with Crippen molar-refractivity contribution in [3.63, 3.8) is 0 Å². The highest BCUT2D eigenvalue weighted by Gasteiger charge is 2.53. The molecule has 31 heavy (non-hydrogen) atoms. The molecule has 2 bridgehead atoms. The monoisotopic (exact) mass is 443 g/mol. The number of hydrogen-bond donors (Lipinski definition) is 5. The van der Waals surface area contributed by atoms with Crippen LogP contribution in [0.2, 0.25) is 0 Å². The summed E-state index contributed by atoms with van der Waals surface area (Å²) in [6, 6.07) is 6.85. The minimum absolute atomic E-state index is 0. The van der Waals surface area contributed by atoms with Crippen LogP contribution in [0, 0.1) is 5.92 Å². The fraction of sp³-hybridized carbons (Fsp3) is 0.619. The summed E-state index contributed by atoms with van der Waals surface area (Å²) >= 11 is 0. The minimum Gasteiger partial charge on any atom is -0.508 e. The zero-order chi connectivity index (χ0) is 21.3. The van der Waals surface area contributed by atoms with Gasteiger partial charge < -0.3 is 41.4 Å². The number of rotatable bonds is 3. The number of fused-ring (bicyclic) bond motifs is 1. The van der Waals surface area contributed by atoms with Crippen LogP contribution < -0.4 is 0 Å². The quantitative estimate of drug-likeness (QED) is 0.403. The lowest BCUT2D eigenvalue weighted by Crippen LogP contribution is -2.59. The lowest BCUT2D eigenvalue weighted by molar-refractivity contribution is -0.165.